The first-order valence-corrected chi connectivity index (χ1v) is 9.70. The zero-order chi connectivity index (χ0) is 20.6. The van der Waals surface area contributed by atoms with Gasteiger partial charge in [-0.3, -0.25) is 14.9 Å². The Balaban J connectivity index is 1.66. The molecule has 8 heteroatoms. The molecule has 0 aliphatic carbocycles. The summed E-state index contributed by atoms with van der Waals surface area (Å²) >= 11 is 1.36. The highest BCUT2D eigenvalue weighted by molar-refractivity contribution is 7.22. The van der Waals surface area contributed by atoms with Crippen LogP contribution in [0.2, 0.25) is 0 Å². The van der Waals surface area contributed by atoms with E-state index in [0.29, 0.717) is 16.4 Å². The number of hydrogen-bond acceptors (Lipinski definition) is 5. The Morgan fingerprint density at radius 1 is 1.07 bits per heavy atom. The lowest BCUT2D eigenvalue weighted by molar-refractivity contribution is -0.123. The minimum atomic E-state index is -1.27. The van der Waals surface area contributed by atoms with Crippen LogP contribution in [0.3, 0.4) is 0 Å². The average Bonchev–Trinajstić information content (AvgIpc) is 3.11. The molecule has 0 atom stereocenters. The molecule has 0 saturated carbocycles. The molecule has 0 spiro atoms. The van der Waals surface area contributed by atoms with Gasteiger partial charge in [-0.2, -0.15) is 5.10 Å². The lowest BCUT2D eigenvalue weighted by Gasteiger charge is -2.24. The van der Waals surface area contributed by atoms with Gasteiger partial charge in [0, 0.05) is 11.6 Å². The zero-order valence-corrected chi connectivity index (χ0v) is 16.5. The first-order valence-electron chi connectivity index (χ1n) is 8.88. The normalized spacial score (nSPS) is 11.6. The number of hydrogen-bond donors (Lipinski definition) is 1. The molecule has 29 heavy (non-hydrogen) atoms. The highest BCUT2D eigenvalue weighted by atomic mass is 32.1. The summed E-state index contributed by atoms with van der Waals surface area (Å²) in [6, 6.07) is 16.2. The van der Waals surface area contributed by atoms with Crippen molar-refractivity contribution in [2.24, 2.45) is 0 Å². The van der Waals surface area contributed by atoms with E-state index in [1.54, 1.807) is 32.0 Å². The Kier molecular flexibility index (Phi) is 4.71. The van der Waals surface area contributed by atoms with Crippen LogP contribution in [0.5, 0.6) is 0 Å². The van der Waals surface area contributed by atoms with Gasteiger partial charge in [-0.15, -0.1) is 0 Å². The van der Waals surface area contributed by atoms with Crippen LogP contribution in [0, 0.1) is 5.82 Å². The van der Waals surface area contributed by atoms with Gasteiger partial charge in [-0.25, -0.2) is 14.1 Å². The minimum Gasteiger partial charge on any atom is -0.300 e. The number of fused-ring (bicyclic) bond motifs is 1. The second-order valence-electron chi connectivity index (χ2n) is 6.98. The van der Waals surface area contributed by atoms with Crippen LogP contribution in [0.1, 0.15) is 13.8 Å². The zero-order valence-electron chi connectivity index (χ0n) is 15.7. The number of thiazole rings is 1. The maximum Gasteiger partial charge on any atom is 0.267 e. The largest absolute Gasteiger partial charge is 0.300 e. The molecule has 0 radical (unpaired) electrons. The van der Waals surface area contributed by atoms with Gasteiger partial charge in [0.1, 0.15) is 11.4 Å². The number of amides is 1. The molecule has 1 amide bonds. The number of carbonyl (C=O) groups is 1. The van der Waals surface area contributed by atoms with E-state index in [-0.39, 0.29) is 5.82 Å². The number of nitrogens with zero attached hydrogens (tertiary/aromatic N) is 3. The molecule has 4 aromatic rings. The van der Waals surface area contributed by atoms with Crippen LogP contribution in [0.25, 0.3) is 21.5 Å². The van der Waals surface area contributed by atoms with E-state index < -0.39 is 17.0 Å². The third kappa shape index (κ3) is 3.66. The number of aromatic nitrogens is 3. The summed E-state index contributed by atoms with van der Waals surface area (Å²) in [7, 11) is 0. The highest BCUT2D eigenvalue weighted by Crippen LogP contribution is 2.27. The van der Waals surface area contributed by atoms with Crippen LogP contribution >= 0.6 is 11.3 Å². The molecule has 0 bridgehead atoms. The topological polar surface area (TPSA) is 76.9 Å². The summed E-state index contributed by atoms with van der Waals surface area (Å²) in [6.07, 6.45) is 0. The van der Waals surface area contributed by atoms with Crippen molar-refractivity contribution in [2.45, 2.75) is 19.4 Å². The Bertz CT molecular complexity index is 1230. The first kappa shape index (κ1) is 18.9. The number of anilines is 1. The van der Waals surface area contributed by atoms with Crippen LogP contribution in [0.4, 0.5) is 9.52 Å². The maximum atomic E-state index is 13.2. The van der Waals surface area contributed by atoms with Crippen LogP contribution in [0.15, 0.2) is 65.5 Å². The second kappa shape index (κ2) is 7.21. The van der Waals surface area contributed by atoms with Gasteiger partial charge in [0.05, 0.1) is 15.9 Å². The monoisotopic (exact) mass is 408 g/mol. The third-order valence-electron chi connectivity index (χ3n) is 4.54. The predicted molar refractivity (Wildman–Crippen MR) is 111 cm³/mol. The lowest BCUT2D eigenvalue weighted by atomic mass is 10.0. The maximum absolute atomic E-state index is 13.2. The summed E-state index contributed by atoms with van der Waals surface area (Å²) in [6.45, 7) is 3.22. The second-order valence-corrected chi connectivity index (χ2v) is 8.01. The molecule has 6 nitrogen and oxygen atoms in total. The Labute approximate surface area is 169 Å². The third-order valence-corrected chi connectivity index (χ3v) is 5.49. The van der Waals surface area contributed by atoms with E-state index in [4.69, 9.17) is 0 Å². The van der Waals surface area contributed by atoms with E-state index in [1.165, 1.54) is 29.5 Å². The van der Waals surface area contributed by atoms with E-state index in [1.807, 2.05) is 24.3 Å². The van der Waals surface area contributed by atoms with E-state index >= 15 is 0 Å². The Hall–Kier alpha value is -3.39. The van der Waals surface area contributed by atoms with E-state index in [0.717, 1.165) is 14.9 Å². The van der Waals surface area contributed by atoms with Crippen molar-refractivity contribution in [2.75, 3.05) is 5.32 Å². The molecule has 0 fully saturated rings. The molecule has 0 unspecified atom stereocenters. The quantitative estimate of drug-likeness (QED) is 0.553. The average molecular weight is 408 g/mol. The first-order chi connectivity index (χ1) is 13.8. The number of nitrogens with one attached hydrogen (secondary N) is 1. The fourth-order valence-corrected chi connectivity index (χ4v) is 3.72. The van der Waals surface area contributed by atoms with Crippen molar-refractivity contribution >= 4 is 32.6 Å². The van der Waals surface area contributed by atoms with Gasteiger partial charge >= 0.3 is 0 Å². The van der Waals surface area contributed by atoms with Crippen molar-refractivity contribution in [3.05, 3.63) is 76.8 Å². The van der Waals surface area contributed by atoms with Crippen molar-refractivity contribution in [1.82, 2.24) is 14.8 Å². The summed E-state index contributed by atoms with van der Waals surface area (Å²) in [5.74, 6) is -0.778. The lowest BCUT2D eigenvalue weighted by Crippen LogP contribution is -2.47. The van der Waals surface area contributed by atoms with Crippen LogP contribution < -0.4 is 10.9 Å². The van der Waals surface area contributed by atoms with Gasteiger partial charge in [0.15, 0.2) is 5.13 Å². The molecule has 0 saturated heterocycles. The van der Waals surface area contributed by atoms with Gasteiger partial charge in [-0.05, 0) is 56.3 Å². The molecule has 2 aromatic carbocycles. The molecule has 2 aromatic heterocycles. The minimum absolute atomic E-state index is 0.363. The summed E-state index contributed by atoms with van der Waals surface area (Å²) in [5.41, 5.74) is 0.206. The molecule has 0 aliphatic heterocycles. The van der Waals surface area contributed by atoms with E-state index in [2.05, 4.69) is 15.4 Å². The molecule has 2 heterocycles. The molecular formula is C21H17FN4O2S. The Morgan fingerprint density at radius 2 is 1.79 bits per heavy atom. The van der Waals surface area contributed by atoms with Crippen molar-refractivity contribution in [3.63, 3.8) is 0 Å². The van der Waals surface area contributed by atoms with Gasteiger partial charge in [0.25, 0.3) is 11.5 Å². The van der Waals surface area contributed by atoms with Crippen molar-refractivity contribution in [1.29, 1.82) is 0 Å². The Morgan fingerprint density at radius 3 is 2.52 bits per heavy atom. The smallest absolute Gasteiger partial charge is 0.267 e. The predicted octanol–water partition coefficient (Wildman–Crippen LogP) is 4.03. The summed E-state index contributed by atoms with van der Waals surface area (Å²) in [5, 5.41) is 7.59. The fraction of sp³-hybridized carbons (Fsp3) is 0.143. The number of benzene rings is 2. The van der Waals surface area contributed by atoms with Gasteiger partial charge in [0.2, 0.25) is 0 Å². The van der Waals surface area contributed by atoms with Crippen LogP contribution in [-0.4, -0.2) is 20.7 Å². The van der Waals surface area contributed by atoms with E-state index in [9.17, 15) is 14.0 Å². The standard InChI is InChI=1S/C21H17FN4O2S/c1-21(2,19(28)24-20-23-16-5-3-4-6-17(16)29-20)26-18(27)12-11-15(25-26)13-7-9-14(22)10-8-13/h3-12H,1-2H3,(H,23,24,28). The number of carbonyl (C=O) groups excluding carboxylic acids is 1. The highest BCUT2D eigenvalue weighted by Gasteiger charge is 2.33. The molecular weight excluding hydrogens is 391 g/mol. The SMILES string of the molecule is CC(C)(C(=O)Nc1nc2ccccc2s1)n1nc(-c2ccc(F)cc2)ccc1=O. The van der Waals surface area contributed by atoms with Crippen molar-refractivity contribution < 1.29 is 9.18 Å². The van der Waals surface area contributed by atoms with Crippen molar-refractivity contribution in [3.8, 4) is 11.3 Å². The number of para-hydroxylation sites is 1. The molecule has 4 rings (SSSR count). The summed E-state index contributed by atoms with van der Waals surface area (Å²) in [4.78, 5) is 29.8. The fourth-order valence-electron chi connectivity index (χ4n) is 2.86. The van der Waals surface area contributed by atoms with Gasteiger partial charge < -0.3 is 0 Å². The summed E-state index contributed by atoms with van der Waals surface area (Å²) < 4.78 is 15.3. The number of halogens is 1. The van der Waals surface area contributed by atoms with Gasteiger partial charge in [-0.1, -0.05) is 23.5 Å². The van der Waals surface area contributed by atoms with Crippen LogP contribution in [-0.2, 0) is 10.3 Å². The molecule has 0 aliphatic rings. The molecule has 146 valence electrons. The number of rotatable bonds is 4. The molecule has 1 N–H and O–H groups in total.